The first kappa shape index (κ1) is 9.83. The molecule has 68 valence electrons. The van der Waals surface area contributed by atoms with Crippen LogP contribution in [0, 0.1) is 11.8 Å². The minimum Gasteiger partial charge on any atom is -0.384 e. The highest BCUT2D eigenvalue weighted by molar-refractivity contribution is 5.35. The molecule has 0 aliphatic carbocycles. The second-order valence-electron chi connectivity index (χ2n) is 2.81. The SMILES string of the molecule is CC#Cc1ccc(CCOC)cc1. The number of hydrogen-bond donors (Lipinski definition) is 0. The van der Waals surface area contributed by atoms with Crippen molar-refractivity contribution in [1.29, 1.82) is 0 Å². The first-order chi connectivity index (χ1) is 6.36. The van der Waals surface area contributed by atoms with Crippen LogP contribution in [0.5, 0.6) is 0 Å². The molecule has 0 N–H and O–H groups in total. The second kappa shape index (κ2) is 5.40. The minimum absolute atomic E-state index is 0.777. The van der Waals surface area contributed by atoms with Gasteiger partial charge in [-0.05, 0) is 31.0 Å². The normalized spacial score (nSPS) is 9.08. The van der Waals surface area contributed by atoms with Gasteiger partial charge in [0.15, 0.2) is 0 Å². The molecule has 0 amide bonds. The quantitative estimate of drug-likeness (QED) is 0.639. The van der Waals surface area contributed by atoms with Crippen LogP contribution in [0.15, 0.2) is 24.3 Å². The molecule has 1 heteroatoms. The Balaban J connectivity index is 2.62. The standard InChI is InChI=1S/C12H14O/c1-3-4-11-5-7-12(8-6-11)9-10-13-2/h5-8H,9-10H2,1-2H3. The monoisotopic (exact) mass is 174 g/mol. The van der Waals surface area contributed by atoms with Crippen molar-refractivity contribution >= 4 is 0 Å². The van der Waals surface area contributed by atoms with Gasteiger partial charge in [0.05, 0.1) is 6.61 Å². The van der Waals surface area contributed by atoms with E-state index in [1.165, 1.54) is 5.56 Å². The Bertz CT molecular complexity index is 300. The molecule has 0 atom stereocenters. The largest absolute Gasteiger partial charge is 0.384 e. The van der Waals surface area contributed by atoms with Gasteiger partial charge in [-0.2, -0.15) is 0 Å². The van der Waals surface area contributed by atoms with E-state index >= 15 is 0 Å². The smallest absolute Gasteiger partial charge is 0.0502 e. The summed E-state index contributed by atoms with van der Waals surface area (Å²) in [6.45, 7) is 2.62. The molecule has 0 unspecified atom stereocenters. The molecule has 0 heterocycles. The van der Waals surface area contributed by atoms with E-state index in [9.17, 15) is 0 Å². The number of rotatable bonds is 3. The van der Waals surface area contributed by atoms with Crippen molar-refractivity contribution in [1.82, 2.24) is 0 Å². The van der Waals surface area contributed by atoms with Crippen LogP contribution in [0.4, 0.5) is 0 Å². The summed E-state index contributed by atoms with van der Waals surface area (Å²) in [7, 11) is 1.72. The summed E-state index contributed by atoms with van der Waals surface area (Å²) in [6, 6.07) is 8.28. The molecule has 0 radical (unpaired) electrons. The Labute approximate surface area is 79.7 Å². The average Bonchev–Trinajstić information content (AvgIpc) is 2.17. The number of benzene rings is 1. The van der Waals surface area contributed by atoms with Crippen LogP contribution in [-0.4, -0.2) is 13.7 Å². The maximum Gasteiger partial charge on any atom is 0.0502 e. The molecule has 0 fully saturated rings. The van der Waals surface area contributed by atoms with Gasteiger partial charge in [-0.1, -0.05) is 18.1 Å². The van der Waals surface area contributed by atoms with Gasteiger partial charge < -0.3 is 4.74 Å². The second-order valence-corrected chi connectivity index (χ2v) is 2.81. The summed E-state index contributed by atoms with van der Waals surface area (Å²) in [6.07, 6.45) is 0.969. The zero-order valence-electron chi connectivity index (χ0n) is 8.13. The van der Waals surface area contributed by atoms with E-state index in [0.717, 1.165) is 18.6 Å². The molecule has 0 saturated carbocycles. The third-order valence-corrected chi connectivity index (χ3v) is 1.82. The number of ether oxygens (including phenoxy) is 1. The summed E-state index contributed by atoms with van der Waals surface area (Å²) in [4.78, 5) is 0. The minimum atomic E-state index is 0.777. The molecule has 0 aliphatic heterocycles. The highest BCUT2D eigenvalue weighted by atomic mass is 16.5. The lowest BCUT2D eigenvalue weighted by molar-refractivity contribution is 0.202. The van der Waals surface area contributed by atoms with Crippen molar-refractivity contribution in [2.24, 2.45) is 0 Å². The van der Waals surface area contributed by atoms with Gasteiger partial charge in [-0.15, -0.1) is 5.92 Å². The topological polar surface area (TPSA) is 9.23 Å². The van der Waals surface area contributed by atoms with Crippen LogP contribution in [0.2, 0.25) is 0 Å². The van der Waals surface area contributed by atoms with E-state index in [1.54, 1.807) is 7.11 Å². The van der Waals surface area contributed by atoms with E-state index in [-0.39, 0.29) is 0 Å². The van der Waals surface area contributed by atoms with E-state index in [4.69, 9.17) is 4.74 Å². The highest BCUT2D eigenvalue weighted by Gasteiger charge is 1.91. The first-order valence-corrected chi connectivity index (χ1v) is 4.37. The van der Waals surface area contributed by atoms with E-state index in [1.807, 2.05) is 19.1 Å². The Morgan fingerprint density at radius 3 is 2.46 bits per heavy atom. The Morgan fingerprint density at radius 2 is 1.92 bits per heavy atom. The third-order valence-electron chi connectivity index (χ3n) is 1.82. The van der Waals surface area contributed by atoms with Crippen molar-refractivity contribution in [3.8, 4) is 11.8 Å². The molecule has 0 bridgehead atoms. The molecule has 13 heavy (non-hydrogen) atoms. The summed E-state index contributed by atoms with van der Waals surface area (Å²) in [5.74, 6) is 5.88. The fourth-order valence-electron chi connectivity index (χ4n) is 1.12. The van der Waals surface area contributed by atoms with Gasteiger partial charge in [0.1, 0.15) is 0 Å². The van der Waals surface area contributed by atoms with Crippen LogP contribution in [0.25, 0.3) is 0 Å². The number of hydrogen-bond acceptors (Lipinski definition) is 1. The zero-order chi connectivity index (χ0) is 9.52. The van der Waals surface area contributed by atoms with Gasteiger partial charge in [-0.25, -0.2) is 0 Å². The van der Waals surface area contributed by atoms with Gasteiger partial charge in [0.2, 0.25) is 0 Å². The lowest BCUT2D eigenvalue weighted by Gasteiger charge is -1.99. The maximum atomic E-state index is 5.00. The molecule has 1 aromatic carbocycles. The van der Waals surface area contributed by atoms with Crippen LogP contribution < -0.4 is 0 Å². The molecular weight excluding hydrogens is 160 g/mol. The molecule has 1 rings (SSSR count). The van der Waals surface area contributed by atoms with E-state index < -0.39 is 0 Å². The summed E-state index contributed by atoms with van der Waals surface area (Å²) < 4.78 is 5.00. The third kappa shape index (κ3) is 3.31. The lowest BCUT2D eigenvalue weighted by Crippen LogP contribution is -1.93. The summed E-state index contributed by atoms with van der Waals surface area (Å²) in [5, 5.41) is 0. The predicted octanol–water partition coefficient (Wildman–Crippen LogP) is 2.25. The van der Waals surface area contributed by atoms with Crippen molar-refractivity contribution < 1.29 is 4.74 Å². The van der Waals surface area contributed by atoms with Crippen LogP contribution in [0.1, 0.15) is 18.1 Å². The predicted molar refractivity (Wildman–Crippen MR) is 54.6 cm³/mol. The summed E-state index contributed by atoms with van der Waals surface area (Å²) in [5.41, 5.74) is 2.37. The molecule has 0 saturated heterocycles. The molecular formula is C12H14O. The average molecular weight is 174 g/mol. The van der Waals surface area contributed by atoms with Gasteiger partial charge in [-0.3, -0.25) is 0 Å². The molecule has 0 spiro atoms. The van der Waals surface area contributed by atoms with Crippen molar-refractivity contribution in [3.05, 3.63) is 35.4 Å². The van der Waals surface area contributed by atoms with Gasteiger partial charge >= 0.3 is 0 Å². The van der Waals surface area contributed by atoms with Crippen molar-refractivity contribution in [2.75, 3.05) is 13.7 Å². The van der Waals surface area contributed by atoms with Gasteiger partial charge in [0, 0.05) is 12.7 Å². The molecule has 1 nitrogen and oxygen atoms in total. The van der Waals surface area contributed by atoms with Gasteiger partial charge in [0.25, 0.3) is 0 Å². The highest BCUT2D eigenvalue weighted by Crippen LogP contribution is 2.03. The van der Waals surface area contributed by atoms with E-state index in [2.05, 4.69) is 24.0 Å². The molecule has 0 aromatic heterocycles. The maximum absolute atomic E-state index is 5.00. The lowest BCUT2D eigenvalue weighted by atomic mass is 10.1. The Kier molecular flexibility index (Phi) is 4.08. The Morgan fingerprint density at radius 1 is 1.23 bits per heavy atom. The Hall–Kier alpha value is -1.26. The fraction of sp³-hybridized carbons (Fsp3) is 0.333. The first-order valence-electron chi connectivity index (χ1n) is 4.37. The van der Waals surface area contributed by atoms with Crippen molar-refractivity contribution in [3.63, 3.8) is 0 Å². The van der Waals surface area contributed by atoms with Crippen LogP contribution in [-0.2, 0) is 11.2 Å². The zero-order valence-corrected chi connectivity index (χ0v) is 8.13. The van der Waals surface area contributed by atoms with E-state index in [0.29, 0.717) is 0 Å². The molecule has 0 aliphatic rings. The fourth-order valence-corrected chi connectivity index (χ4v) is 1.12. The molecule has 1 aromatic rings. The number of methoxy groups -OCH3 is 1. The van der Waals surface area contributed by atoms with Crippen LogP contribution >= 0.6 is 0 Å². The van der Waals surface area contributed by atoms with Crippen molar-refractivity contribution in [2.45, 2.75) is 13.3 Å². The van der Waals surface area contributed by atoms with Crippen LogP contribution in [0.3, 0.4) is 0 Å². The summed E-state index contributed by atoms with van der Waals surface area (Å²) >= 11 is 0.